The standard InChI is InChI=1S/C14H22N2O/c1-3-11-6-5-9-16(11)12-7-8-13(15-10-12)14(17)4-2/h7-8,10-11,14,17H,3-6,9H2,1-2H3/t11?,14-/m0/s1. The SMILES string of the molecule is CCC1CCCN1c1ccc([C@@H](O)CC)nc1. The number of aromatic nitrogens is 1. The summed E-state index contributed by atoms with van der Waals surface area (Å²) in [4.78, 5) is 6.81. The highest BCUT2D eigenvalue weighted by molar-refractivity contribution is 5.46. The molecule has 1 aliphatic heterocycles. The zero-order valence-corrected chi connectivity index (χ0v) is 10.8. The molecule has 17 heavy (non-hydrogen) atoms. The monoisotopic (exact) mass is 234 g/mol. The van der Waals surface area contributed by atoms with Crippen LogP contribution in [-0.2, 0) is 0 Å². The van der Waals surface area contributed by atoms with Crippen LogP contribution >= 0.6 is 0 Å². The molecular weight excluding hydrogens is 212 g/mol. The summed E-state index contributed by atoms with van der Waals surface area (Å²) in [5.41, 5.74) is 1.98. The van der Waals surface area contributed by atoms with E-state index >= 15 is 0 Å². The first-order valence-corrected chi connectivity index (χ1v) is 6.67. The third-order valence-electron chi connectivity index (χ3n) is 3.68. The molecule has 1 unspecified atom stereocenters. The van der Waals surface area contributed by atoms with Crippen molar-refractivity contribution in [2.24, 2.45) is 0 Å². The molecule has 0 aliphatic carbocycles. The summed E-state index contributed by atoms with van der Waals surface area (Å²) in [6.45, 7) is 5.34. The minimum absolute atomic E-state index is 0.426. The van der Waals surface area contributed by atoms with Gasteiger partial charge in [0.05, 0.1) is 23.7 Å². The Morgan fingerprint density at radius 3 is 2.88 bits per heavy atom. The predicted molar refractivity (Wildman–Crippen MR) is 70.1 cm³/mol. The van der Waals surface area contributed by atoms with E-state index < -0.39 is 6.10 Å². The molecule has 1 fully saturated rings. The number of pyridine rings is 1. The molecule has 0 radical (unpaired) electrons. The lowest BCUT2D eigenvalue weighted by Crippen LogP contribution is -2.28. The van der Waals surface area contributed by atoms with E-state index in [0.717, 1.165) is 12.2 Å². The van der Waals surface area contributed by atoms with E-state index in [9.17, 15) is 5.11 Å². The Morgan fingerprint density at radius 1 is 1.47 bits per heavy atom. The Kier molecular flexibility index (Phi) is 4.00. The molecule has 0 bridgehead atoms. The number of rotatable bonds is 4. The maximum absolute atomic E-state index is 9.71. The zero-order chi connectivity index (χ0) is 12.3. The zero-order valence-electron chi connectivity index (χ0n) is 10.8. The van der Waals surface area contributed by atoms with Crippen molar-refractivity contribution in [3.05, 3.63) is 24.0 Å². The number of aliphatic hydroxyl groups excluding tert-OH is 1. The Labute approximate surface area is 103 Å². The van der Waals surface area contributed by atoms with Gasteiger partial charge in [0.1, 0.15) is 0 Å². The first kappa shape index (κ1) is 12.4. The smallest absolute Gasteiger partial charge is 0.0957 e. The minimum atomic E-state index is -0.426. The Balaban J connectivity index is 2.12. The van der Waals surface area contributed by atoms with Crippen molar-refractivity contribution in [3.8, 4) is 0 Å². The minimum Gasteiger partial charge on any atom is -0.387 e. The quantitative estimate of drug-likeness (QED) is 0.870. The van der Waals surface area contributed by atoms with E-state index in [4.69, 9.17) is 0 Å². The Hall–Kier alpha value is -1.09. The van der Waals surface area contributed by atoms with Gasteiger partial charge in [-0.1, -0.05) is 13.8 Å². The van der Waals surface area contributed by atoms with Crippen LogP contribution in [0.15, 0.2) is 18.3 Å². The summed E-state index contributed by atoms with van der Waals surface area (Å²) < 4.78 is 0. The van der Waals surface area contributed by atoms with Crippen molar-refractivity contribution in [2.75, 3.05) is 11.4 Å². The van der Waals surface area contributed by atoms with Crippen LogP contribution in [0.3, 0.4) is 0 Å². The van der Waals surface area contributed by atoms with Crippen molar-refractivity contribution in [1.82, 2.24) is 4.98 Å². The molecule has 0 aromatic carbocycles. The molecule has 0 saturated carbocycles. The average molecular weight is 234 g/mol. The van der Waals surface area contributed by atoms with Gasteiger partial charge in [0.2, 0.25) is 0 Å². The summed E-state index contributed by atoms with van der Waals surface area (Å²) in [7, 11) is 0. The molecule has 1 aliphatic rings. The van der Waals surface area contributed by atoms with E-state index in [1.165, 1.54) is 24.9 Å². The van der Waals surface area contributed by atoms with Crippen molar-refractivity contribution >= 4 is 5.69 Å². The van der Waals surface area contributed by atoms with Crippen LogP contribution in [0.25, 0.3) is 0 Å². The highest BCUT2D eigenvalue weighted by Gasteiger charge is 2.23. The van der Waals surface area contributed by atoms with Crippen LogP contribution in [0.4, 0.5) is 5.69 Å². The molecule has 2 atom stereocenters. The predicted octanol–water partition coefficient (Wildman–Crippen LogP) is 2.90. The summed E-state index contributed by atoms with van der Waals surface area (Å²) >= 11 is 0. The van der Waals surface area contributed by atoms with E-state index in [1.54, 1.807) is 0 Å². The van der Waals surface area contributed by atoms with Crippen LogP contribution < -0.4 is 4.90 Å². The van der Waals surface area contributed by atoms with Gasteiger partial charge in [-0.2, -0.15) is 0 Å². The molecule has 2 heterocycles. The van der Waals surface area contributed by atoms with E-state index in [0.29, 0.717) is 12.5 Å². The highest BCUT2D eigenvalue weighted by Crippen LogP contribution is 2.27. The number of anilines is 1. The third kappa shape index (κ3) is 2.60. The largest absolute Gasteiger partial charge is 0.387 e. The second-order valence-corrected chi connectivity index (χ2v) is 4.76. The van der Waals surface area contributed by atoms with Crippen molar-refractivity contribution in [1.29, 1.82) is 0 Å². The van der Waals surface area contributed by atoms with Gasteiger partial charge in [-0.3, -0.25) is 4.98 Å². The van der Waals surface area contributed by atoms with E-state index in [-0.39, 0.29) is 0 Å². The van der Waals surface area contributed by atoms with Gasteiger partial charge in [-0.25, -0.2) is 0 Å². The molecular formula is C14H22N2O. The maximum atomic E-state index is 9.71. The fourth-order valence-electron chi connectivity index (χ4n) is 2.57. The van der Waals surface area contributed by atoms with Crippen molar-refractivity contribution in [3.63, 3.8) is 0 Å². The van der Waals surface area contributed by atoms with E-state index in [2.05, 4.69) is 22.9 Å². The average Bonchev–Trinajstić information content (AvgIpc) is 2.86. The van der Waals surface area contributed by atoms with Gasteiger partial charge in [-0.15, -0.1) is 0 Å². The van der Waals surface area contributed by atoms with Crippen molar-refractivity contribution in [2.45, 2.75) is 51.7 Å². The number of hydrogen-bond donors (Lipinski definition) is 1. The van der Waals surface area contributed by atoms with Crippen LogP contribution in [0, 0.1) is 0 Å². The van der Waals surface area contributed by atoms with Crippen molar-refractivity contribution < 1.29 is 5.11 Å². The second-order valence-electron chi connectivity index (χ2n) is 4.76. The lowest BCUT2D eigenvalue weighted by Gasteiger charge is -2.25. The second kappa shape index (κ2) is 5.50. The first-order valence-electron chi connectivity index (χ1n) is 6.67. The first-order chi connectivity index (χ1) is 8.26. The summed E-state index contributed by atoms with van der Waals surface area (Å²) in [6, 6.07) is 4.71. The van der Waals surface area contributed by atoms with Gasteiger partial charge in [-0.05, 0) is 37.8 Å². The van der Waals surface area contributed by atoms with Crippen LogP contribution in [0.2, 0.25) is 0 Å². The number of aliphatic hydroxyl groups is 1. The highest BCUT2D eigenvalue weighted by atomic mass is 16.3. The molecule has 3 nitrogen and oxygen atoms in total. The molecule has 0 amide bonds. The molecule has 1 saturated heterocycles. The van der Waals surface area contributed by atoms with Crippen LogP contribution in [-0.4, -0.2) is 22.7 Å². The van der Waals surface area contributed by atoms with Crippen LogP contribution in [0.1, 0.15) is 51.3 Å². The van der Waals surface area contributed by atoms with Gasteiger partial charge < -0.3 is 10.0 Å². The number of hydrogen-bond acceptors (Lipinski definition) is 3. The Morgan fingerprint density at radius 2 is 2.29 bits per heavy atom. The summed E-state index contributed by atoms with van der Waals surface area (Å²) in [5, 5.41) is 9.71. The topological polar surface area (TPSA) is 36.4 Å². The molecule has 1 N–H and O–H groups in total. The fraction of sp³-hybridized carbons (Fsp3) is 0.643. The van der Waals surface area contributed by atoms with Gasteiger partial charge >= 0.3 is 0 Å². The summed E-state index contributed by atoms with van der Waals surface area (Å²) in [5.74, 6) is 0. The fourth-order valence-corrected chi connectivity index (χ4v) is 2.57. The normalized spacial score (nSPS) is 21.8. The Bertz CT molecular complexity index is 350. The lowest BCUT2D eigenvalue weighted by atomic mass is 10.1. The number of nitrogens with zero attached hydrogens (tertiary/aromatic N) is 2. The molecule has 94 valence electrons. The molecule has 2 rings (SSSR count). The maximum Gasteiger partial charge on any atom is 0.0957 e. The van der Waals surface area contributed by atoms with Crippen LogP contribution in [0.5, 0.6) is 0 Å². The van der Waals surface area contributed by atoms with Gasteiger partial charge in [0.25, 0.3) is 0 Å². The molecule has 1 aromatic heterocycles. The van der Waals surface area contributed by atoms with Gasteiger partial charge in [0.15, 0.2) is 0 Å². The molecule has 0 spiro atoms. The molecule has 3 heteroatoms. The van der Waals surface area contributed by atoms with E-state index in [1.807, 2.05) is 19.2 Å². The summed E-state index contributed by atoms with van der Waals surface area (Å²) in [6.07, 6.45) is 5.95. The third-order valence-corrected chi connectivity index (χ3v) is 3.68. The lowest BCUT2D eigenvalue weighted by molar-refractivity contribution is 0.169. The van der Waals surface area contributed by atoms with Gasteiger partial charge in [0, 0.05) is 12.6 Å². The molecule has 1 aromatic rings.